The maximum atomic E-state index is 12.8. The molecule has 0 spiro atoms. The number of rotatable bonds is 2. The van der Waals surface area contributed by atoms with Crippen LogP contribution in [-0.4, -0.2) is 12.0 Å². The predicted molar refractivity (Wildman–Crippen MR) is 48.3 cm³/mol. The molecule has 0 fully saturated rings. The molecule has 2 N–H and O–H groups in total. The highest BCUT2D eigenvalue weighted by molar-refractivity contribution is 5.74. The third-order valence-electron chi connectivity index (χ3n) is 2.19. The zero-order chi connectivity index (χ0) is 10.1. The zero-order valence-corrected chi connectivity index (χ0v) is 7.50. The Morgan fingerprint density at radius 3 is 3.14 bits per heavy atom. The molecule has 0 saturated carbocycles. The molecule has 1 atom stereocenters. The smallest absolute Gasteiger partial charge is 0.221 e. The Morgan fingerprint density at radius 1 is 1.64 bits per heavy atom. The molecule has 2 rings (SSSR count). The Balaban J connectivity index is 2.14. The minimum absolute atomic E-state index is 0.177. The predicted octanol–water partition coefficient (Wildman–Crippen LogP) is 1.00. The molecule has 0 bridgehead atoms. The number of carbonyl (C=O) groups excluding carboxylic acids is 1. The van der Waals surface area contributed by atoms with Gasteiger partial charge in [0.2, 0.25) is 5.91 Å². The van der Waals surface area contributed by atoms with Gasteiger partial charge in [0.1, 0.15) is 17.7 Å². The third kappa shape index (κ3) is 1.69. The van der Waals surface area contributed by atoms with E-state index in [1.165, 1.54) is 12.1 Å². The van der Waals surface area contributed by atoms with Crippen molar-refractivity contribution in [1.82, 2.24) is 0 Å². The molecule has 0 saturated heterocycles. The molecule has 14 heavy (non-hydrogen) atoms. The highest BCUT2D eigenvalue weighted by Gasteiger charge is 2.24. The first-order valence-corrected chi connectivity index (χ1v) is 4.38. The van der Waals surface area contributed by atoms with Crippen LogP contribution in [0.5, 0.6) is 5.75 Å². The summed E-state index contributed by atoms with van der Waals surface area (Å²) >= 11 is 0. The van der Waals surface area contributed by atoms with Crippen LogP contribution >= 0.6 is 0 Å². The van der Waals surface area contributed by atoms with Crippen LogP contribution < -0.4 is 10.5 Å². The largest absolute Gasteiger partial charge is 0.489 e. The van der Waals surface area contributed by atoms with E-state index in [4.69, 9.17) is 10.5 Å². The molecule has 0 aliphatic carbocycles. The number of benzene rings is 1. The van der Waals surface area contributed by atoms with Gasteiger partial charge in [-0.2, -0.15) is 0 Å². The van der Waals surface area contributed by atoms with Gasteiger partial charge < -0.3 is 10.5 Å². The van der Waals surface area contributed by atoms with Crippen molar-refractivity contribution in [2.45, 2.75) is 18.9 Å². The minimum Gasteiger partial charge on any atom is -0.489 e. The van der Waals surface area contributed by atoms with Crippen molar-refractivity contribution >= 4 is 5.91 Å². The van der Waals surface area contributed by atoms with Crippen LogP contribution in [0.4, 0.5) is 4.39 Å². The van der Waals surface area contributed by atoms with E-state index >= 15 is 0 Å². The van der Waals surface area contributed by atoms with Gasteiger partial charge in [0.05, 0.1) is 6.42 Å². The second kappa shape index (κ2) is 3.29. The first-order chi connectivity index (χ1) is 6.65. The third-order valence-corrected chi connectivity index (χ3v) is 2.19. The lowest BCUT2D eigenvalue weighted by Gasteiger charge is -2.06. The van der Waals surface area contributed by atoms with Gasteiger partial charge in [-0.1, -0.05) is 0 Å². The molecule has 1 aliphatic rings. The van der Waals surface area contributed by atoms with Gasteiger partial charge in [0.15, 0.2) is 0 Å². The fourth-order valence-corrected chi connectivity index (χ4v) is 1.63. The monoisotopic (exact) mass is 195 g/mol. The summed E-state index contributed by atoms with van der Waals surface area (Å²) in [6.07, 6.45) is 0.496. The Labute approximate surface area is 80.7 Å². The van der Waals surface area contributed by atoms with E-state index in [1.807, 2.05) is 0 Å². The quantitative estimate of drug-likeness (QED) is 0.765. The number of hydrogen-bond acceptors (Lipinski definition) is 2. The first-order valence-electron chi connectivity index (χ1n) is 4.38. The molecule has 1 aliphatic heterocycles. The van der Waals surface area contributed by atoms with E-state index < -0.39 is 5.91 Å². The Bertz CT molecular complexity index is 378. The Hall–Kier alpha value is -1.58. The van der Waals surface area contributed by atoms with Crippen LogP contribution in [0, 0.1) is 5.82 Å². The second-order valence-electron chi connectivity index (χ2n) is 3.37. The molecule has 0 radical (unpaired) electrons. The van der Waals surface area contributed by atoms with E-state index in [9.17, 15) is 9.18 Å². The summed E-state index contributed by atoms with van der Waals surface area (Å²) in [5.74, 6) is -0.0343. The van der Waals surface area contributed by atoms with Crippen LogP contribution in [0.15, 0.2) is 18.2 Å². The summed E-state index contributed by atoms with van der Waals surface area (Å²) in [5, 5.41) is 0. The van der Waals surface area contributed by atoms with Crippen molar-refractivity contribution in [3.8, 4) is 5.75 Å². The lowest BCUT2D eigenvalue weighted by molar-refractivity contribution is -0.119. The average molecular weight is 195 g/mol. The number of carbonyl (C=O) groups is 1. The topological polar surface area (TPSA) is 52.3 Å². The summed E-state index contributed by atoms with van der Waals surface area (Å²) in [5.41, 5.74) is 5.85. The van der Waals surface area contributed by atoms with E-state index in [2.05, 4.69) is 0 Å². The number of halogens is 1. The van der Waals surface area contributed by atoms with Gasteiger partial charge in [0, 0.05) is 12.0 Å². The van der Waals surface area contributed by atoms with Gasteiger partial charge >= 0.3 is 0 Å². The molecule has 1 unspecified atom stereocenters. The molecular weight excluding hydrogens is 185 g/mol. The summed E-state index contributed by atoms with van der Waals surface area (Å²) in [4.78, 5) is 10.6. The Kier molecular flexibility index (Phi) is 2.11. The van der Waals surface area contributed by atoms with Crippen LogP contribution in [0.2, 0.25) is 0 Å². The molecule has 1 heterocycles. The molecule has 1 aromatic rings. The highest BCUT2D eigenvalue weighted by Crippen LogP contribution is 2.30. The molecule has 3 nitrogen and oxygen atoms in total. The van der Waals surface area contributed by atoms with Crippen molar-refractivity contribution in [3.63, 3.8) is 0 Å². The van der Waals surface area contributed by atoms with E-state index in [-0.39, 0.29) is 18.3 Å². The van der Waals surface area contributed by atoms with Crippen molar-refractivity contribution in [2.24, 2.45) is 5.73 Å². The number of primary amides is 1. The van der Waals surface area contributed by atoms with Crippen molar-refractivity contribution in [3.05, 3.63) is 29.6 Å². The van der Waals surface area contributed by atoms with Crippen molar-refractivity contribution in [1.29, 1.82) is 0 Å². The van der Waals surface area contributed by atoms with Crippen LogP contribution in [0.25, 0.3) is 0 Å². The molecular formula is C10H10FNO2. The summed E-state index contributed by atoms with van der Waals surface area (Å²) in [7, 11) is 0. The summed E-state index contributed by atoms with van der Waals surface area (Å²) in [6.45, 7) is 0. The maximum absolute atomic E-state index is 12.8. The molecule has 1 amide bonds. The van der Waals surface area contributed by atoms with Gasteiger partial charge in [-0.25, -0.2) is 4.39 Å². The average Bonchev–Trinajstić information content (AvgIpc) is 2.44. The molecule has 4 heteroatoms. The van der Waals surface area contributed by atoms with E-state index in [0.29, 0.717) is 12.2 Å². The van der Waals surface area contributed by atoms with Crippen LogP contribution in [0.3, 0.4) is 0 Å². The van der Waals surface area contributed by atoms with Gasteiger partial charge in [-0.15, -0.1) is 0 Å². The Morgan fingerprint density at radius 2 is 2.43 bits per heavy atom. The number of hydrogen-bond donors (Lipinski definition) is 1. The lowest BCUT2D eigenvalue weighted by atomic mass is 10.1. The van der Waals surface area contributed by atoms with Crippen molar-refractivity contribution in [2.75, 3.05) is 0 Å². The van der Waals surface area contributed by atoms with Crippen LogP contribution in [-0.2, 0) is 11.2 Å². The van der Waals surface area contributed by atoms with Gasteiger partial charge in [-0.05, 0) is 18.2 Å². The number of fused-ring (bicyclic) bond motifs is 1. The first kappa shape index (κ1) is 8.99. The standard InChI is InChI=1S/C10H10FNO2/c11-7-1-2-9-6(3-7)4-8(14-9)5-10(12)13/h1-3,8H,4-5H2,(H2,12,13). The highest BCUT2D eigenvalue weighted by atomic mass is 19.1. The molecule has 1 aromatic carbocycles. The SMILES string of the molecule is NC(=O)CC1Cc2cc(F)ccc2O1. The van der Waals surface area contributed by atoms with Gasteiger partial charge in [-0.3, -0.25) is 4.79 Å². The number of ether oxygens (including phenoxy) is 1. The summed E-state index contributed by atoms with van der Waals surface area (Å²) in [6, 6.07) is 4.34. The maximum Gasteiger partial charge on any atom is 0.221 e. The fourth-order valence-electron chi connectivity index (χ4n) is 1.63. The molecule has 74 valence electrons. The number of amides is 1. The lowest BCUT2D eigenvalue weighted by Crippen LogP contribution is -2.23. The second-order valence-corrected chi connectivity index (χ2v) is 3.37. The summed E-state index contributed by atoms with van der Waals surface area (Å²) < 4.78 is 18.2. The number of nitrogens with two attached hydrogens (primary N) is 1. The van der Waals surface area contributed by atoms with E-state index in [0.717, 1.165) is 5.56 Å². The van der Waals surface area contributed by atoms with Gasteiger partial charge in [0.25, 0.3) is 0 Å². The van der Waals surface area contributed by atoms with Crippen LogP contribution in [0.1, 0.15) is 12.0 Å². The van der Waals surface area contributed by atoms with E-state index in [1.54, 1.807) is 6.07 Å². The molecule has 0 aromatic heterocycles. The zero-order valence-electron chi connectivity index (χ0n) is 7.50. The fraction of sp³-hybridized carbons (Fsp3) is 0.300. The van der Waals surface area contributed by atoms with Crippen molar-refractivity contribution < 1.29 is 13.9 Å². The minimum atomic E-state index is -0.400. The normalized spacial score (nSPS) is 18.8.